The number of carbonyl (C=O) groups excluding carboxylic acids is 1. The monoisotopic (exact) mass is 380 g/mol. The third-order valence-corrected chi connectivity index (χ3v) is 7.83. The molecular weight excluding hydrogens is 348 g/mol. The molecule has 0 unspecified atom stereocenters. The summed E-state index contributed by atoms with van der Waals surface area (Å²) in [6, 6.07) is 6.23. The van der Waals surface area contributed by atoms with Crippen LogP contribution in [0, 0.1) is 5.92 Å². The second-order valence-electron chi connectivity index (χ2n) is 8.12. The lowest BCUT2D eigenvalue weighted by atomic mass is 9.75. The first-order valence-corrected chi connectivity index (χ1v) is 10.9. The minimum atomic E-state index is -3.31. The fraction of sp³-hybridized carbons (Fsp3) is 0.650. The van der Waals surface area contributed by atoms with Crippen molar-refractivity contribution >= 4 is 15.7 Å². The highest BCUT2D eigenvalue weighted by molar-refractivity contribution is 7.92. The highest BCUT2D eigenvalue weighted by atomic mass is 32.2. The zero-order valence-corrected chi connectivity index (χ0v) is 17.4. The van der Waals surface area contributed by atoms with E-state index in [2.05, 4.69) is 31.2 Å². The van der Waals surface area contributed by atoms with Crippen LogP contribution in [0.2, 0.25) is 0 Å². The Bertz CT molecular complexity index is 726. The molecule has 0 saturated heterocycles. The Morgan fingerprint density at radius 1 is 1.27 bits per heavy atom. The van der Waals surface area contributed by atoms with E-state index in [1.54, 1.807) is 26.0 Å². The molecule has 6 heteroatoms. The Labute approximate surface area is 158 Å². The fourth-order valence-electron chi connectivity index (χ4n) is 3.77. The van der Waals surface area contributed by atoms with Gasteiger partial charge in [-0.2, -0.15) is 0 Å². The molecule has 0 aromatic heterocycles. The van der Waals surface area contributed by atoms with Crippen molar-refractivity contribution in [3.8, 4) is 0 Å². The molecule has 1 saturated carbocycles. The van der Waals surface area contributed by atoms with E-state index < -0.39 is 15.1 Å². The topological polar surface area (TPSA) is 66.5 Å². The molecule has 1 aliphatic rings. The Kier molecular flexibility index (Phi) is 6.51. The lowest BCUT2D eigenvalue weighted by molar-refractivity contribution is 0.0675. The van der Waals surface area contributed by atoms with Crippen LogP contribution in [-0.4, -0.2) is 50.7 Å². The van der Waals surface area contributed by atoms with Gasteiger partial charge in [0.15, 0.2) is 9.84 Å². The number of nitrogens with zero attached hydrogens (tertiary/aromatic N) is 1. The van der Waals surface area contributed by atoms with E-state index in [9.17, 15) is 13.2 Å². The van der Waals surface area contributed by atoms with Gasteiger partial charge >= 0.3 is 0 Å². The average molecular weight is 381 g/mol. The summed E-state index contributed by atoms with van der Waals surface area (Å²) >= 11 is 0. The first-order valence-electron chi connectivity index (χ1n) is 9.38. The van der Waals surface area contributed by atoms with Crippen LogP contribution in [0.1, 0.15) is 56.8 Å². The van der Waals surface area contributed by atoms with Gasteiger partial charge in [-0.3, -0.25) is 4.79 Å². The smallest absolute Gasteiger partial charge is 0.251 e. The maximum atomic E-state index is 12.5. The van der Waals surface area contributed by atoms with E-state index in [0.717, 1.165) is 12.8 Å². The maximum absolute atomic E-state index is 12.5. The van der Waals surface area contributed by atoms with Crippen LogP contribution in [-0.2, 0) is 9.84 Å². The van der Waals surface area contributed by atoms with Crippen LogP contribution in [0.3, 0.4) is 0 Å². The number of hydrogen-bond acceptors (Lipinski definition) is 4. The maximum Gasteiger partial charge on any atom is 0.251 e. The average Bonchev–Trinajstić information content (AvgIpc) is 2.59. The molecule has 2 rings (SSSR count). The number of likely N-dealkylation sites (N-methyl/N-ethyl adjacent to an activating group) is 1. The second-order valence-corrected chi connectivity index (χ2v) is 10.6. The molecule has 0 heterocycles. The van der Waals surface area contributed by atoms with Crippen molar-refractivity contribution in [2.75, 3.05) is 20.6 Å². The standard InChI is InChI=1S/C20H32N2O3S/c1-15(2)26(24,25)18-10-8-17(9-11-18)19(23)21-14-20(22(4)5)12-6-7-16(3)13-20/h8-11,15-16H,6-7,12-14H2,1-5H3,(H,21,23)/t16-,20-/m1/s1. The Hall–Kier alpha value is -1.40. The van der Waals surface area contributed by atoms with Crippen molar-refractivity contribution in [3.63, 3.8) is 0 Å². The molecule has 1 N–H and O–H groups in total. The lowest BCUT2D eigenvalue weighted by Crippen LogP contribution is -2.55. The molecule has 1 fully saturated rings. The highest BCUT2D eigenvalue weighted by Gasteiger charge is 2.37. The normalized spacial score (nSPS) is 24.0. The zero-order valence-electron chi connectivity index (χ0n) is 16.6. The van der Waals surface area contributed by atoms with Crippen LogP contribution in [0.15, 0.2) is 29.2 Å². The molecule has 0 radical (unpaired) electrons. The van der Waals surface area contributed by atoms with E-state index in [4.69, 9.17) is 0 Å². The summed E-state index contributed by atoms with van der Waals surface area (Å²) in [5, 5.41) is 2.59. The highest BCUT2D eigenvalue weighted by Crippen LogP contribution is 2.35. The summed E-state index contributed by atoms with van der Waals surface area (Å²) in [5.74, 6) is 0.501. The predicted octanol–water partition coefficient (Wildman–Crippen LogP) is 3.11. The molecule has 2 atom stereocenters. The molecule has 0 spiro atoms. The zero-order chi connectivity index (χ0) is 19.5. The summed E-state index contributed by atoms with van der Waals surface area (Å²) in [5.41, 5.74) is 0.485. The number of benzene rings is 1. The summed E-state index contributed by atoms with van der Waals surface area (Å²) in [6.45, 7) is 6.19. The molecule has 1 amide bonds. The van der Waals surface area contributed by atoms with E-state index in [1.165, 1.54) is 25.0 Å². The van der Waals surface area contributed by atoms with Gasteiger partial charge in [-0.05, 0) is 71.0 Å². The van der Waals surface area contributed by atoms with Gasteiger partial charge in [-0.25, -0.2) is 8.42 Å². The van der Waals surface area contributed by atoms with Crippen molar-refractivity contribution < 1.29 is 13.2 Å². The van der Waals surface area contributed by atoms with Crippen LogP contribution >= 0.6 is 0 Å². The van der Waals surface area contributed by atoms with Crippen molar-refractivity contribution in [1.82, 2.24) is 10.2 Å². The molecular formula is C20H32N2O3S. The van der Waals surface area contributed by atoms with Crippen LogP contribution in [0.25, 0.3) is 0 Å². The summed E-state index contributed by atoms with van der Waals surface area (Å²) in [4.78, 5) is 15.0. The van der Waals surface area contributed by atoms with Crippen LogP contribution < -0.4 is 5.32 Å². The molecule has 1 aliphatic carbocycles. The lowest BCUT2D eigenvalue weighted by Gasteiger charge is -2.45. The van der Waals surface area contributed by atoms with Crippen molar-refractivity contribution in [3.05, 3.63) is 29.8 Å². The van der Waals surface area contributed by atoms with E-state index in [1.807, 2.05) is 0 Å². The van der Waals surface area contributed by atoms with Gasteiger partial charge in [0.25, 0.3) is 5.91 Å². The van der Waals surface area contributed by atoms with Gasteiger partial charge in [0.1, 0.15) is 0 Å². The summed E-state index contributed by atoms with van der Waals surface area (Å²) < 4.78 is 24.4. The van der Waals surface area contributed by atoms with Crippen LogP contribution in [0.4, 0.5) is 0 Å². The summed E-state index contributed by atoms with van der Waals surface area (Å²) in [6.07, 6.45) is 4.58. The number of nitrogens with one attached hydrogen (secondary N) is 1. The number of carbonyl (C=O) groups is 1. The van der Waals surface area contributed by atoms with Gasteiger partial charge in [0.2, 0.25) is 0 Å². The molecule has 1 aromatic carbocycles. The molecule has 5 nitrogen and oxygen atoms in total. The molecule has 0 bridgehead atoms. The Morgan fingerprint density at radius 2 is 1.88 bits per heavy atom. The minimum Gasteiger partial charge on any atom is -0.350 e. The third kappa shape index (κ3) is 4.46. The Morgan fingerprint density at radius 3 is 2.38 bits per heavy atom. The van der Waals surface area contributed by atoms with Crippen molar-refractivity contribution in [1.29, 1.82) is 0 Å². The van der Waals surface area contributed by atoms with E-state index >= 15 is 0 Å². The number of rotatable bonds is 6. The number of hydrogen-bond donors (Lipinski definition) is 1. The predicted molar refractivity (Wildman–Crippen MR) is 105 cm³/mol. The molecule has 1 aromatic rings. The third-order valence-electron chi connectivity index (χ3n) is 5.66. The second kappa shape index (κ2) is 8.09. The van der Waals surface area contributed by atoms with E-state index in [-0.39, 0.29) is 16.3 Å². The largest absolute Gasteiger partial charge is 0.350 e. The fourth-order valence-corrected chi connectivity index (χ4v) is 4.83. The van der Waals surface area contributed by atoms with Crippen LogP contribution in [0.5, 0.6) is 0 Å². The minimum absolute atomic E-state index is 0.00571. The summed E-state index contributed by atoms with van der Waals surface area (Å²) in [7, 11) is 0.844. The Balaban J connectivity index is 2.08. The quantitative estimate of drug-likeness (QED) is 0.823. The van der Waals surface area contributed by atoms with Gasteiger partial charge in [0.05, 0.1) is 10.1 Å². The SMILES string of the molecule is CC(C)S(=O)(=O)c1ccc(C(=O)NC[C@@]2(N(C)C)CCC[C@@H](C)C2)cc1. The van der Waals surface area contributed by atoms with Gasteiger partial charge < -0.3 is 10.2 Å². The van der Waals surface area contributed by atoms with E-state index in [0.29, 0.717) is 18.0 Å². The van der Waals surface area contributed by atoms with Gasteiger partial charge in [-0.1, -0.05) is 19.8 Å². The van der Waals surface area contributed by atoms with Gasteiger partial charge in [0, 0.05) is 17.6 Å². The number of sulfone groups is 1. The first kappa shape index (κ1) is 20.9. The van der Waals surface area contributed by atoms with Gasteiger partial charge in [-0.15, -0.1) is 0 Å². The van der Waals surface area contributed by atoms with Crippen molar-refractivity contribution in [2.24, 2.45) is 5.92 Å². The molecule has 26 heavy (non-hydrogen) atoms. The molecule has 0 aliphatic heterocycles. The number of amides is 1. The first-order chi connectivity index (χ1) is 12.1. The molecule has 146 valence electrons. The van der Waals surface area contributed by atoms with Crippen molar-refractivity contribution in [2.45, 2.75) is 62.1 Å².